The van der Waals surface area contributed by atoms with Crippen LogP contribution in [0.4, 0.5) is 0 Å². The summed E-state index contributed by atoms with van der Waals surface area (Å²) in [6.07, 6.45) is 7.23. The molecule has 0 unspecified atom stereocenters. The summed E-state index contributed by atoms with van der Waals surface area (Å²) in [7, 11) is 0. The Labute approximate surface area is 93.3 Å². The number of rotatable bonds is 8. The summed E-state index contributed by atoms with van der Waals surface area (Å²) >= 11 is 0. The van der Waals surface area contributed by atoms with Crippen LogP contribution in [0.1, 0.15) is 45.4 Å². The second-order valence-corrected chi connectivity index (χ2v) is 4.05. The Bertz CT molecular complexity index is 181. The van der Waals surface area contributed by atoms with Crippen LogP contribution in [0.15, 0.2) is 10.4 Å². The molecule has 87 valence electrons. The van der Waals surface area contributed by atoms with Gasteiger partial charge in [0.15, 0.2) is 0 Å². The molecule has 0 aromatic carbocycles. The quantitative estimate of drug-likeness (QED) is 0.578. The van der Waals surface area contributed by atoms with Gasteiger partial charge < -0.3 is 0 Å². The fourth-order valence-corrected chi connectivity index (χ4v) is 1.60. The highest BCUT2D eigenvalue weighted by molar-refractivity contribution is 4.58. The lowest BCUT2D eigenvalue weighted by Crippen LogP contribution is -2.26. The monoisotopic (exact) mass is 211 g/mol. The maximum atomic E-state index is 4.13. The summed E-state index contributed by atoms with van der Waals surface area (Å²) in [5, 5.41) is 12.3. The van der Waals surface area contributed by atoms with E-state index in [9.17, 15) is 0 Å². The Hall–Kier alpha value is -0.800. The molecule has 4 nitrogen and oxygen atoms in total. The first-order valence-corrected chi connectivity index (χ1v) is 6.07. The predicted octanol–water partition coefficient (Wildman–Crippen LogP) is 3.04. The fourth-order valence-electron chi connectivity index (χ4n) is 1.60. The molecule has 0 spiro atoms. The lowest BCUT2D eigenvalue weighted by atomic mass is 10.2. The first-order chi connectivity index (χ1) is 7.36. The molecule has 1 heterocycles. The van der Waals surface area contributed by atoms with Gasteiger partial charge in [-0.15, -0.1) is 0 Å². The molecule has 0 aromatic heterocycles. The van der Waals surface area contributed by atoms with E-state index in [4.69, 9.17) is 0 Å². The summed E-state index contributed by atoms with van der Waals surface area (Å²) in [5.41, 5.74) is 0. The van der Waals surface area contributed by atoms with Gasteiger partial charge in [0, 0.05) is 13.1 Å². The van der Waals surface area contributed by atoms with Crippen LogP contribution in [0.2, 0.25) is 0 Å². The van der Waals surface area contributed by atoms with E-state index >= 15 is 0 Å². The van der Waals surface area contributed by atoms with E-state index in [2.05, 4.69) is 29.3 Å². The third-order valence-electron chi connectivity index (χ3n) is 2.56. The van der Waals surface area contributed by atoms with Crippen LogP contribution in [0, 0.1) is 6.92 Å². The molecule has 0 aliphatic carbocycles. The number of hydrogen-bond donors (Lipinski definition) is 0. The third kappa shape index (κ3) is 5.00. The zero-order valence-corrected chi connectivity index (χ0v) is 9.86. The molecule has 0 fully saturated rings. The van der Waals surface area contributed by atoms with Gasteiger partial charge in [0.1, 0.15) is 6.67 Å². The smallest absolute Gasteiger partial charge is 0.126 e. The van der Waals surface area contributed by atoms with Crippen LogP contribution in [-0.2, 0) is 0 Å². The minimum Gasteiger partial charge on any atom is -0.256 e. The molecule has 1 rings (SSSR count). The van der Waals surface area contributed by atoms with Crippen molar-refractivity contribution in [3.63, 3.8) is 0 Å². The van der Waals surface area contributed by atoms with Crippen molar-refractivity contribution in [3.05, 3.63) is 6.92 Å². The molecular weight excluding hydrogens is 188 g/mol. The van der Waals surface area contributed by atoms with Crippen LogP contribution in [0.5, 0.6) is 0 Å². The van der Waals surface area contributed by atoms with E-state index in [1.807, 2.05) is 5.01 Å². The zero-order chi connectivity index (χ0) is 10.9. The van der Waals surface area contributed by atoms with Gasteiger partial charge >= 0.3 is 0 Å². The molecule has 0 saturated carbocycles. The summed E-state index contributed by atoms with van der Waals surface area (Å²) in [6.45, 7) is 8.95. The maximum absolute atomic E-state index is 4.13. The van der Waals surface area contributed by atoms with E-state index in [-0.39, 0.29) is 0 Å². The Kier molecular flexibility index (Phi) is 6.12. The van der Waals surface area contributed by atoms with Crippen molar-refractivity contribution >= 4 is 0 Å². The molecule has 1 aliphatic rings. The van der Waals surface area contributed by atoms with E-state index in [1.165, 1.54) is 25.7 Å². The summed E-state index contributed by atoms with van der Waals surface area (Å²) < 4.78 is 0. The molecule has 1 aliphatic heterocycles. The van der Waals surface area contributed by atoms with Gasteiger partial charge in [0.25, 0.3) is 0 Å². The van der Waals surface area contributed by atoms with Gasteiger partial charge in [0.05, 0.1) is 0 Å². The second kappa shape index (κ2) is 7.49. The van der Waals surface area contributed by atoms with Crippen LogP contribution in [-0.4, -0.2) is 29.8 Å². The normalized spacial score (nSPS) is 15.3. The first kappa shape index (κ1) is 12.3. The van der Waals surface area contributed by atoms with Crippen molar-refractivity contribution in [2.24, 2.45) is 10.4 Å². The minimum atomic E-state index is 0.867. The number of hydrogen-bond acceptors (Lipinski definition) is 4. The van der Waals surface area contributed by atoms with Gasteiger partial charge in [-0.1, -0.05) is 50.0 Å². The Balaban J connectivity index is 2.02. The minimum absolute atomic E-state index is 0.867. The molecule has 15 heavy (non-hydrogen) atoms. The van der Waals surface area contributed by atoms with Crippen LogP contribution in [0.3, 0.4) is 0 Å². The predicted molar refractivity (Wildman–Crippen MR) is 61.9 cm³/mol. The molecule has 0 aromatic rings. The highest BCUT2D eigenvalue weighted by Crippen LogP contribution is 2.10. The van der Waals surface area contributed by atoms with Crippen molar-refractivity contribution in [2.75, 3.05) is 19.8 Å². The molecule has 1 radical (unpaired) electrons. The van der Waals surface area contributed by atoms with Gasteiger partial charge in [-0.25, -0.2) is 0 Å². The summed E-state index contributed by atoms with van der Waals surface area (Å²) in [6, 6.07) is 0. The highest BCUT2D eigenvalue weighted by atomic mass is 15.8. The largest absolute Gasteiger partial charge is 0.256 e. The maximum Gasteiger partial charge on any atom is 0.126 e. The van der Waals surface area contributed by atoms with Gasteiger partial charge in [-0.2, -0.15) is 0 Å². The second-order valence-electron chi connectivity index (χ2n) is 4.05. The number of unbranched alkanes of at least 4 members (excludes halogenated alkanes) is 4. The third-order valence-corrected chi connectivity index (χ3v) is 2.56. The standard InChI is InChI=1S/C11H23N4/c1-3-5-7-8-10-15-11-14(12-13-15)9-6-4-2/h2-11H2,1H3. The molecular formula is C11H23N4. The van der Waals surface area contributed by atoms with Gasteiger partial charge in [-0.3, -0.25) is 10.0 Å². The molecule has 0 amide bonds. The molecule has 0 atom stereocenters. The molecule has 0 saturated heterocycles. The Morgan fingerprint density at radius 1 is 1.00 bits per heavy atom. The van der Waals surface area contributed by atoms with Crippen molar-refractivity contribution < 1.29 is 0 Å². The van der Waals surface area contributed by atoms with Crippen LogP contribution < -0.4 is 0 Å². The average Bonchev–Trinajstić information content (AvgIpc) is 2.69. The Morgan fingerprint density at radius 2 is 1.67 bits per heavy atom. The molecule has 0 bridgehead atoms. The SMILES string of the molecule is [CH2]CCCN1CN(CCCCCC)N=N1. The fraction of sp³-hybridized carbons (Fsp3) is 0.909. The van der Waals surface area contributed by atoms with Crippen LogP contribution >= 0.6 is 0 Å². The average molecular weight is 211 g/mol. The van der Waals surface area contributed by atoms with Gasteiger partial charge in [0.2, 0.25) is 0 Å². The van der Waals surface area contributed by atoms with Crippen molar-refractivity contribution in [3.8, 4) is 0 Å². The van der Waals surface area contributed by atoms with E-state index < -0.39 is 0 Å². The first-order valence-electron chi connectivity index (χ1n) is 6.07. The highest BCUT2D eigenvalue weighted by Gasteiger charge is 2.13. The van der Waals surface area contributed by atoms with Crippen LogP contribution in [0.25, 0.3) is 0 Å². The van der Waals surface area contributed by atoms with Crippen molar-refractivity contribution in [1.82, 2.24) is 10.0 Å². The van der Waals surface area contributed by atoms with Gasteiger partial charge in [-0.05, 0) is 12.8 Å². The van der Waals surface area contributed by atoms with E-state index in [0.717, 1.165) is 32.6 Å². The molecule has 0 N–H and O–H groups in total. The van der Waals surface area contributed by atoms with Crippen molar-refractivity contribution in [2.45, 2.75) is 45.4 Å². The lowest BCUT2D eigenvalue weighted by molar-refractivity contribution is 0.207. The van der Waals surface area contributed by atoms with Crippen molar-refractivity contribution in [1.29, 1.82) is 0 Å². The lowest BCUT2D eigenvalue weighted by Gasteiger charge is -2.15. The molecule has 4 heteroatoms. The summed E-state index contributed by atoms with van der Waals surface area (Å²) in [5.74, 6) is 0. The van der Waals surface area contributed by atoms with E-state index in [1.54, 1.807) is 0 Å². The Morgan fingerprint density at radius 3 is 2.27 bits per heavy atom. The number of nitrogens with zero attached hydrogens (tertiary/aromatic N) is 4. The summed E-state index contributed by atoms with van der Waals surface area (Å²) in [4.78, 5) is 0. The van der Waals surface area contributed by atoms with E-state index in [0.29, 0.717) is 0 Å². The topological polar surface area (TPSA) is 31.2 Å². The zero-order valence-electron chi connectivity index (χ0n) is 9.86.